The van der Waals surface area contributed by atoms with Crippen LogP contribution in [0.1, 0.15) is 20.7 Å². The van der Waals surface area contributed by atoms with Gasteiger partial charge in [0.1, 0.15) is 17.2 Å². The van der Waals surface area contributed by atoms with Crippen molar-refractivity contribution in [3.05, 3.63) is 90.0 Å². The third kappa shape index (κ3) is 4.95. The van der Waals surface area contributed by atoms with Gasteiger partial charge >= 0.3 is 5.97 Å². The Hall–Kier alpha value is -3.60. The second kappa shape index (κ2) is 8.67. The smallest absolute Gasteiger partial charge is 0.338 e. The van der Waals surface area contributed by atoms with Crippen LogP contribution < -0.4 is 9.47 Å². The molecule has 0 radical (unpaired) electrons. The molecule has 0 fully saturated rings. The number of ether oxygens (including phenoxy) is 3. The molecule has 0 saturated carbocycles. The number of carbonyl (C=O) groups is 2. The zero-order valence-electron chi connectivity index (χ0n) is 14.8. The molecule has 0 heterocycles. The van der Waals surface area contributed by atoms with Crippen LogP contribution in [0.3, 0.4) is 0 Å². The van der Waals surface area contributed by atoms with Crippen LogP contribution in [0.4, 0.5) is 0 Å². The van der Waals surface area contributed by atoms with Crippen molar-refractivity contribution in [2.45, 2.75) is 0 Å². The standard InChI is InChI=1S/C22H18O5/c1-25-18-11-7-16(8-12-18)21(23)15-26-22(24)17-9-13-20(14-10-17)27-19-5-3-2-4-6-19/h2-14H,15H2,1H3. The highest BCUT2D eigenvalue weighted by Gasteiger charge is 2.12. The molecule has 0 saturated heterocycles. The predicted octanol–water partition coefficient (Wildman–Crippen LogP) is 4.53. The molecule has 3 rings (SSSR count). The van der Waals surface area contributed by atoms with E-state index in [0.717, 1.165) is 0 Å². The van der Waals surface area contributed by atoms with Gasteiger partial charge in [0.15, 0.2) is 12.4 Å². The number of methoxy groups -OCH3 is 1. The lowest BCUT2D eigenvalue weighted by Crippen LogP contribution is -2.14. The summed E-state index contributed by atoms with van der Waals surface area (Å²) in [5.41, 5.74) is 0.799. The maximum Gasteiger partial charge on any atom is 0.338 e. The molecule has 0 amide bonds. The summed E-state index contributed by atoms with van der Waals surface area (Å²) in [5.74, 6) is 1.12. The van der Waals surface area contributed by atoms with E-state index in [9.17, 15) is 9.59 Å². The van der Waals surface area contributed by atoms with Crippen molar-refractivity contribution < 1.29 is 23.8 Å². The molecule has 136 valence electrons. The van der Waals surface area contributed by atoms with Crippen LogP contribution in [-0.4, -0.2) is 25.5 Å². The van der Waals surface area contributed by atoms with Crippen LogP contribution in [-0.2, 0) is 4.74 Å². The summed E-state index contributed by atoms with van der Waals surface area (Å²) in [6, 6.07) is 22.5. The normalized spacial score (nSPS) is 10.1. The Kier molecular flexibility index (Phi) is 5.84. The summed E-state index contributed by atoms with van der Waals surface area (Å²) in [6.45, 7) is -0.326. The van der Waals surface area contributed by atoms with Crippen LogP contribution in [0.5, 0.6) is 17.2 Å². The lowest BCUT2D eigenvalue weighted by Gasteiger charge is -2.07. The monoisotopic (exact) mass is 362 g/mol. The van der Waals surface area contributed by atoms with Gasteiger partial charge in [0.05, 0.1) is 12.7 Å². The number of ketones is 1. The summed E-state index contributed by atoms with van der Waals surface area (Å²) >= 11 is 0. The van der Waals surface area contributed by atoms with Crippen LogP contribution in [0.15, 0.2) is 78.9 Å². The summed E-state index contributed by atoms with van der Waals surface area (Å²) < 4.78 is 15.8. The highest BCUT2D eigenvalue weighted by atomic mass is 16.5. The number of rotatable bonds is 7. The quantitative estimate of drug-likeness (QED) is 0.456. The molecule has 0 bridgehead atoms. The number of para-hydroxylation sites is 1. The van der Waals surface area contributed by atoms with E-state index in [4.69, 9.17) is 14.2 Å². The zero-order chi connectivity index (χ0) is 19.1. The first-order valence-corrected chi connectivity index (χ1v) is 8.33. The van der Waals surface area contributed by atoms with Crippen LogP contribution in [0.2, 0.25) is 0 Å². The van der Waals surface area contributed by atoms with E-state index >= 15 is 0 Å². The van der Waals surface area contributed by atoms with E-state index in [1.54, 1.807) is 55.6 Å². The van der Waals surface area contributed by atoms with Crippen molar-refractivity contribution in [2.75, 3.05) is 13.7 Å². The first-order chi connectivity index (χ1) is 13.2. The number of esters is 1. The predicted molar refractivity (Wildman–Crippen MR) is 101 cm³/mol. The molecular formula is C22H18O5. The molecule has 0 unspecified atom stereocenters. The topological polar surface area (TPSA) is 61.8 Å². The number of hydrogen-bond acceptors (Lipinski definition) is 5. The van der Waals surface area contributed by atoms with Crippen molar-refractivity contribution in [1.29, 1.82) is 0 Å². The van der Waals surface area contributed by atoms with Gasteiger partial charge in [0.2, 0.25) is 0 Å². The first kappa shape index (κ1) is 18.2. The van der Waals surface area contributed by atoms with Gasteiger partial charge in [-0.1, -0.05) is 18.2 Å². The Bertz CT molecular complexity index is 900. The molecule has 0 aliphatic heterocycles. The van der Waals surface area contributed by atoms with Gasteiger partial charge in [-0.2, -0.15) is 0 Å². The third-order valence-electron chi connectivity index (χ3n) is 3.82. The van der Waals surface area contributed by atoms with Crippen molar-refractivity contribution in [1.82, 2.24) is 0 Å². The van der Waals surface area contributed by atoms with E-state index in [2.05, 4.69) is 0 Å². The molecule has 3 aromatic carbocycles. The van der Waals surface area contributed by atoms with Crippen molar-refractivity contribution in [2.24, 2.45) is 0 Å². The summed E-state index contributed by atoms with van der Waals surface area (Å²) in [5, 5.41) is 0. The fourth-order valence-corrected chi connectivity index (χ4v) is 2.36. The highest BCUT2D eigenvalue weighted by molar-refractivity contribution is 5.99. The Morgan fingerprint density at radius 1 is 0.704 bits per heavy atom. The lowest BCUT2D eigenvalue weighted by molar-refractivity contribution is 0.0474. The number of Topliss-reactive ketones (excluding diaryl/α,β-unsaturated/α-hetero) is 1. The molecule has 0 spiro atoms. The van der Waals surface area contributed by atoms with Gasteiger partial charge in [-0.05, 0) is 60.7 Å². The molecule has 0 atom stereocenters. The highest BCUT2D eigenvalue weighted by Crippen LogP contribution is 2.21. The maximum atomic E-state index is 12.1. The van der Waals surface area contributed by atoms with Gasteiger partial charge in [-0.3, -0.25) is 4.79 Å². The number of hydrogen-bond donors (Lipinski definition) is 0. The summed E-state index contributed by atoms with van der Waals surface area (Å²) in [6.07, 6.45) is 0. The Labute approximate surface area is 157 Å². The Balaban J connectivity index is 1.55. The SMILES string of the molecule is COc1ccc(C(=O)COC(=O)c2ccc(Oc3ccccc3)cc2)cc1. The minimum Gasteiger partial charge on any atom is -0.497 e. The molecule has 5 nitrogen and oxygen atoms in total. The van der Waals surface area contributed by atoms with Gasteiger partial charge in [0, 0.05) is 5.56 Å². The first-order valence-electron chi connectivity index (χ1n) is 8.33. The van der Waals surface area contributed by atoms with Crippen molar-refractivity contribution >= 4 is 11.8 Å². The van der Waals surface area contributed by atoms with Crippen LogP contribution in [0.25, 0.3) is 0 Å². The molecule has 0 aliphatic rings. The molecule has 27 heavy (non-hydrogen) atoms. The van der Waals surface area contributed by atoms with Crippen LogP contribution in [0, 0.1) is 0 Å². The van der Waals surface area contributed by atoms with Crippen molar-refractivity contribution in [3.63, 3.8) is 0 Å². The number of carbonyl (C=O) groups excluding carboxylic acids is 2. The largest absolute Gasteiger partial charge is 0.497 e. The third-order valence-corrected chi connectivity index (χ3v) is 3.82. The summed E-state index contributed by atoms with van der Waals surface area (Å²) in [7, 11) is 1.55. The second-order valence-corrected chi connectivity index (χ2v) is 5.67. The molecule has 0 aliphatic carbocycles. The molecule has 3 aromatic rings. The summed E-state index contributed by atoms with van der Waals surface area (Å²) in [4.78, 5) is 24.2. The average Bonchev–Trinajstić information content (AvgIpc) is 2.73. The Morgan fingerprint density at radius 2 is 1.26 bits per heavy atom. The fraction of sp³-hybridized carbons (Fsp3) is 0.0909. The minimum absolute atomic E-state index is 0.282. The van der Waals surface area contributed by atoms with E-state index in [1.807, 2.05) is 30.3 Å². The van der Waals surface area contributed by atoms with Gasteiger partial charge in [0.25, 0.3) is 0 Å². The zero-order valence-corrected chi connectivity index (χ0v) is 14.8. The molecule has 0 N–H and O–H groups in total. The molecule has 5 heteroatoms. The molecular weight excluding hydrogens is 344 g/mol. The van der Waals surface area contributed by atoms with Gasteiger partial charge in [-0.15, -0.1) is 0 Å². The van der Waals surface area contributed by atoms with Crippen LogP contribution >= 0.6 is 0 Å². The fourth-order valence-electron chi connectivity index (χ4n) is 2.36. The second-order valence-electron chi connectivity index (χ2n) is 5.67. The Morgan fingerprint density at radius 3 is 1.89 bits per heavy atom. The lowest BCUT2D eigenvalue weighted by atomic mass is 10.1. The molecule has 0 aromatic heterocycles. The minimum atomic E-state index is -0.567. The van der Waals surface area contributed by atoms with E-state index < -0.39 is 5.97 Å². The van der Waals surface area contributed by atoms with E-state index in [1.165, 1.54) is 0 Å². The van der Waals surface area contributed by atoms with Gasteiger partial charge < -0.3 is 14.2 Å². The maximum absolute atomic E-state index is 12.1. The average molecular weight is 362 g/mol. The van der Waals surface area contributed by atoms with E-state index in [0.29, 0.717) is 28.4 Å². The van der Waals surface area contributed by atoms with Crippen molar-refractivity contribution in [3.8, 4) is 17.2 Å². The van der Waals surface area contributed by atoms with E-state index in [-0.39, 0.29) is 12.4 Å². The number of benzene rings is 3. The van der Waals surface area contributed by atoms with Gasteiger partial charge in [-0.25, -0.2) is 4.79 Å².